The second-order valence-corrected chi connectivity index (χ2v) is 5.56. The average molecular weight is 313 g/mol. The standard InChI is InChI=1S/C16H12FN3OS/c17-13-8-4-5-11(9-13)10-22-16-18-15(21)14(19-20-16)12-6-2-1-3-7-12/h1-9H,10H2,(H,18,20,21). The van der Waals surface area contributed by atoms with Gasteiger partial charge in [-0.15, -0.1) is 10.2 Å². The Kier molecular flexibility index (Phi) is 4.29. The van der Waals surface area contributed by atoms with Crippen molar-refractivity contribution in [2.24, 2.45) is 0 Å². The lowest BCUT2D eigenvalue weighted by molar-refractivity contribution is 0.626. The van der Waals surface area contributed by atoms with Crippen LogP contribution < -0.4 is 5.56 Å². The molecule has 2 aromatic carbocycles. The number of H-pyrrole nitrogens is 1. The van der Waals surface area contributed by atoms with E-state index in [1.165, 1.54) is 23.9 Å². The first-order chi connectivity index (χ1) is 10.7. The predicted molar refractivity (Wildman–Crippen MR) is 84.0 cm³/mol. The van der Waals surface area contributed by atoms with E-state index in [0.29, 0.717) is 10.9 Å². The molecule has 0 spiro atoms. The van der Waals surface area contributed by atoms with E-state index < -0.39 is 0 Å². The molecule has 0 aliphatic carbocycles. The van der Waals surface area contributed by atoms with Gasteiger partial charge in [0.1, 0.15) is 5.82 Å². The molecule has 3 rings (SSSR count). The van der Waals surface area contributed by atoms with Crippen molar-refractivity contribution in [1.82, 2.24) is 15.2 Å². The minimum Gasteiger partial charge on any atom is -0.298 e. The second kappa shape index (κ2) is 6.53. The van der Waals surface area contributed by atoms with Crippen LogP contribution in [0.5, 0.6) is 0 Å². The van der Waals surface area contributed by atoms with Gasteiger partial charge in [-0.3, -0.25) is 9.78 Å². The van der Waals surface area contributed by atoms with E-state index in [1.807, 2.05) is 24.3 Å². The summed E-state index contributed by atoms with van der Waals surface area (Å²) < 4.78 is 13.1. The Bertz CT molecular complexity index is 836. The Hall–Kier alpha value is -2.47. The third kappa shape index (κ3) is 3.40. The summed E-state index contributed by atoms with van der Waals surface area (Å²) in [7, 11) is 0. The van der Waals surface area contributed by atoms with E-state index >= 15 is 0 Å². The number of rotatable bonds is 4. The van der Waals surface area contributed by atoms with Crippen molar-refractivity contribution in [3.05, 3.63) is 76.3 Å². The fraction of sp³-hybridized carbons (Fsp3) is 0.0625. The first kappa shape index (κ1) is 14.5. The van der Waals surface area contributed by atoms with E-state index in [1.54, 1.807) is 18.2 Å². The van der Waals surface area contributed by atoms with Crippen LogP contribution in [0.2, 0.25) is 0 Å². The fourth-order valence-electron chi connectivity index (χ4n) is 1.95. The molecule has 0 saturated heterocycles. The maximum Gasteiger partial charge on any atom is 0.278 e. The highest BCUT2D eigenvalue weighted by Crippen LogP contribution is 2.19. The molecule has 0 saturated carbocycles. The molecule has 0 radical (unpaired) electrons. The monoisotopic (exact) mass is 313 g/mol. The molecular weight excluding hydrogens is 301 g/mol. The number of thioether (sulfide) groups is 1. The van der Waals surface area contributed by atoms with Crippen LogP contribution in [0.4, 0.5) is 4.39 Å². The Morgan fingerprint density at radius 2 is 1.86 bits per heavy atom. The first-order valence-corrected chi connectivity index (χ1v) is 7.60. The fourth-order valence-corrected chi connectivity index (χ4v) is 2.70. The molecule has 0 atom stereocenters. The third-order valence-corrected chi connectivity index (χ3v) is 3.92. The summed E-state index contributed by atoms with van der Waals surface area (Å²) in [5.41, 5.74) is 1.54. The molecule has 6 heteroatoms. The molecule has 22 heavy (non-hydrogen) atoms. The van der Waals surface area contributed by atoms with E-state index in [-0.39, 0.29) is 17.1 Å². The number of halogens is 1. The second-order valence-electron chi connectivity index (χ2n) is 4.59. The number of nitrogens with zero attached hydrogens (tertiary/aromatic N) is 2. The first-order valence-electron chi connectivity index (χ1n) is 6.62. The molecule has 1 aromatic heterocycles. The van der Waals surface area contributed by atoms with E-state index in [4.69, 9.17) is 0 Å². The van der Waals surface area contributed by atoms with Gasteiger partial charge >= 0.3 is 0 Å². The third-order valence-electron chi connectivity index (χ3n) is 2.99. The largest absolute Gasteiger partial charge is 0.298 e. The maximum atomic E-state index is 13.1. The molecule has 1 heterocycles. The van der Waals surface area contributed by atoms with Gasteiger partial charge in [0.25, 0.3) is 5.56 Å². The molecule has 0 fully saturated rings. The highest BCUT2D eigenvalue weighted by Gasteiger charge is 2.07. The summed E-state index contributed by atoms with van der Waals surface area (Å²) in [5, 5.41) is 8.42. The molecule has 110 valence electrons. The number of benzene rings is 2. The van der Waals surface area contributed by atoms with Crippen molar-refractivity contribution < 1.29 is 4.39 Å². The van der Waals surface area contributed by atoms with Gasteiger partial charge in [0.05, 0.1) is 0 Å². The number of hydrogen-bond acceptors (Lipinski definition) is 4. The van der Waals surface area contributed by atoms with Gasteiger partial charge in [0.15, 0.2) is 10.9 Å². The molecule has 4 nitrogen and oxygen atoms in total. The summed E-state index contributed by atoms with van der Waals surface area (Å²) in [6.07, 6.45) is 0. The maximum absolute atomic E-state index is 13.1. The van der Waals surface area contributed by atoms with Crippen LogP contribution in [0.1, 0.15) is 5.56 Å². The Morgan fingerprint density at radius 3 is 2.59 bits per heavy atom. The van der Waals surface area contributed by atoms with Crippen molar-refractivity contribution in [2.75, 3.05) is 0 Å². The molecule has 0 bridgehead atoms. The lowest BCUT2D eigenvalue weighted by Crippen LogP contribution is -2.14. The van der Waals surface area contributed by atoms with Crippen LogP contribution in [0.25, 0.3) is 11.3 Å². The summed E-state index contributed by atoms with van der Waals surface area (Å²) in [6.45, 7) is 0. The summed E-state index contributed by atoms with van der Waals surface area (Å²) in [5.74, 6) is 0.227. The average Bonchev–Trinajstić information content (AvgIpc) is 2.54. The molecular formula is C16H12FN3OS. The Labute approximate surface area is 130 Å². The van der Waals surface area contributed by atoms with Crippen LogP contribution in [-0.4, -0.2) is 15.2 Å². The Morgan fingerprint density at radius 1 is 1.05 bits per heavy atom. The minimum absolute atomic E-state index is 0.280. The lowest BCUT2D eigenvalue weighted by atomic mass is 10.2. The Balaban J connectivity index is 1.77. The van der Waals surface area contributed by atoms with Crippen LogP contribution in [0.15, 0.2) is 64.5 Å². The molecule has 0 amide bonds. The predicted octanol–water partition coefficient (Wildman–Crippen LogP) is 3.26. The quantitative estimate of drug-likeness (QED) is 0.751. The number of hydrogen-bond donors (Lipinski definition) is 1. The van der Waals surface area contributed by atoms with Gasteiger partial charge < -0.3 is 0 Å². The van der Waals surface area contributed by atoms with Crippen molar-refractivity contribution in [3.63, 3.8) is 0 Å². The topological polar surface area (TPSA) is 58.6 Å². The zero-order valence-electron chi connectivity index (χ0n) is 11.5. The highest BCUT2D eigenvalue weighted by molar-refractivity contribution is 7.98. The van der Waals surface area contributed by atoms with Crippen LogP contribution in [0, 0.1) is 5.82 Å². The van der Waals surface area contributed by atoms with Gasteiger partial charge in [-0.2, -0.15) is 0 Å². The van der Waals surface area contributed by atoms with Crippen LogP contribution in [-0.2, 0) is 5.75 Å². The van der Waals surface area contributed by atoms with Gasteiger partial charge in [-0.25, -0.2) is 4.39 Å². The molecule has 0 aliphatic rings. The smallest absolute Gasteiger partial charge is 0.278 e. The lowest BCUT2D eigenvalue weighted by Gasteiger charge is -2.02. The van der Waals surface area contributed by atoms with Gasteiger partial charge in [0.2, 0.25) is 0 Å². The van der Waals surface area contributed by atoms with Crippen LogP contribution in [0.3, 0.4) is 0 Å². The highest BCUT2D eigenvalue weighted by atomic mass is 32.2. The van der Waals surface area contributed by atoms with Gasteiger partial charge in [-0.1, -0.05) is 54.2 Å². The zero-order valence-corrected chi connectivity index (χ0v) is 12.3. The summed E-state index contributed by atoms with van der Waals surface area (Å²) >= 11 is 1.30. The van der Waals surface area contributed by atoms with Crippen molar-refractivity contribution in [2.45, 2.75) is 10.9 Å². The summed E-state index contributed by atoms with van der Waals surface area (Å²) in [4.78, 5) is 14.8. The van der Waals surface area contributed by atoms with Crippen molar-refractivity contribution in [3.8, 4) is 11.3 Å². The number of nitrogens with one attached hydrogen (secondary N) is 1. The van der Waals surface area contributed by atoms with Crippen LogP contribution >= 0.6 is 11.8 Å². The molecule has 0 unspecified atom stereocenters. The van der Waals surface area contributed by atoms with Crippen molar-refractivity contribution >= 4 is 11.8 Å². The number of aromatic nitrogens is 3. The summed E-state index contributed by atoms with van der Waals surface area (Å²) in [6, 6.07) is 15.5. The minimum atomic E-state index is -0.289. The normalized spacial score (nSPS) is 10.6. The van der Waals surface area contributed by atoms with E-state index in [9.17, 15) is 9.18 Å². The van der Waals surface area contributed by atoms with Gasteiger partial charge in [0, 0.05) is 11.3 Å². The molecule has 3 aromatic rings. The van der Waals surface area contributed by atoms with E-state index in [2.05, 4.69) is 15.2 Å². The molecule has 1 N–H and O–H groups in total. The van der Waals surface area contributed by atoms with Gasteiger partial charge in [-0.05, 0) is 17.7 Å². The van der Waals surface area contributed by atoms with Crippen molar-refractivity contribution in [1.29, 1.82) is 0 Å². The van der Waals surface area contributed by atoms with E-state index in [0.717, 1.165) is 11.1 Å². The number of aromatic amines is 1. The SMILES string of the molecule is O=c1[nH]c(SCc2cccc(F)c2)nnc1-c1ccccc1. The molecule has 0 aliphatic heterocycles. The zero-order chi connectivity index (χ0) is 15.4.